The molecule has 0 saturated heterocycles. The Balaban J connectivity index is 2.19. The van der Waals surface area contributed by atoms with Gasteiger partial charge in [-0.1, -0.05) is 0 Å². The summed E-state index contributed by atoms with van der Waals surface area (Å²) in [6, 6.07) is 2.01. The number of thiazole rings is 1. The number of nitrogens with zero attached hydrogens (tertiary/aromatic N) is 2. The largest absolute Gasteiger partial charge is 0.367 e. The fourth-order valence-electron chi connectivity index (χ4n) is 1.60. The van der Waals surface area contributed by atoms with E-state index in [1.54, 1.807) is 11.3 Å². The van der Waals surface area contributed by atoms with Gasteiger partial charge in [-0.05, 0) is 6.07 Å². The van der Waals surface area contributed by atoms with Crippen LogP contribution in [-0.4, -0.2) is 14.4 Å². The van der Waals surface area contributed by atoms with Crippen LogP contribution in [0.3, 0.4) is 0 Å². The van der Waals surface area contributed by atoms with E-state index in [0.29, 0.717) is 6.54 Å². The van der Waals surface area contributed by atoms with E-state index in [0.717, 1.165) is 21.9 Å². The van der Waals surface area contributed by atoms with E-state index in [4.69, 9.17) is 5.73 Å². The van der Waals surface area contributed by atoms with Crippen molar-refractivity contribution >= 4 is 16.3 Å². The molecule has 0 spiro atoms. The molecule has 3 rings (SSSR count). The van der Waals surface area contributed by atoms with Crippen molar-refractivity contribution in [1.82, 2.24) is 14.4 Å². The minimum Gasteiger partial charge on any atom is -0.367 e. The van der Waals surface area contributed by atoms with Gasteiger partial charge in [0.1, 0.15) is 0 Å². The Morgan fingerprint density at radius 2 is 2.47 bits per heavy atom. The zero-order valence-corrected chi connectivity index (χ0v) is 8.79. The highest BCUT2D eigenvalue weighted by Crippen LogP contribution is 2.22. The monoisotopic (exact) mass is 218 g/mol. The Kier molecular flexibility index (Phi) is 1.87. The van der Waals surface area contributed by atoms with Crippen LogP contribution in [0.25, 0.3) is 16.2 Å². The second-order valence-corrected chi connectivity index (χ2v) is 4.15. The third-order valence-corrected chi connectivity index (χ3v) is 3.27. The lowest BCUT2D eigenvalue weighted by atomic mass is 10.3. The van der Waals surface area contributed by atoms with Crippen molar-refractivity contribution < 1.29 is 0 Å². The lowest BCUT2D eigenvalue weighted by molar-refractivity contribution is 0.966. The van der Waals surface area contributed by atoms with Crippen molar-refractivity contribution in [2.45, 2.75) is 6.54 Å². The van der Waals surface area contributed by atoms with Gasteiger partial charge in [-0.25, -0.2) is 4.98 Å². The van der Waals surface area contributed by atoms with Crippen molar-refractivity contribution in [2.24, 2.45) is 5.73 Å². The third kappa shape index (κ3) is 1.28. The Labute approximate surface area is 90.4 Å². The molecule has 0 aliphatic heterocycles. The number of H-pyrrole nitrogens is 1. The molecule has 0 aliphatic rings. The van der Waals surface area contributed by atoms with Gasteiger partial charge in [-0.2, -0.15) is 0 Å². The van der Waals surface area contributed by atoms with Gasteiger partial charge in [0.25, 0.3) is 0 Å². The Hall–Kier alpha value is -1.59. The summed E-state index contributed by atoms with van der Waals surface area (Å²) >= 11 is 1.62. The molecular formula is C10H10N4S. The molecule has 0 bridgehead atoms. The van der Waals surface area contributed by atoms with Crippen molar-refractivity contribution in [1.29, 1.82) is 0 Å². The number of imidazole rings is 1. The third-order valence-electron chi connectivity index (χ3n) is 2.39. The average Bonchev–Trinajstić information content (AvgIpc) is 2.93. The van der Waals surface area contributed by atoms with Gasteiger partial charge in [-0.3, -0.25) is 4.40 Å². The van der Waals surface area contributed by atoms with Crippen LogP contribution in [0.15, 0.2) is 30.0 Å². The van der Waals surface area contributed by atoms with E-state index >= 15 is 0 Å². The molecule has 0 aliphatic carbocycles. The molecule has 0 atom stereocenters. The number of aromatic nitrogens is 3. The lowest BCUT2D eigenvalue weighted by Crippen LogP contribution is -1.98. The van der Waals surface area contributed by atoms with E-state index in [-0.39, 0.29) is 0 Å². The standard InChI is InChI=1S/C10H10N4S/c11-3-8-6-15-10-13-9(5-14(8)10)7-1-2-12-4-7/h1-2,4-6,12H,3,11H2. The van der Waals surface area contributed by atoms with Crippen molar-refractivity contribution in [3.05, 3.63) is 35.7 Å². The molecule has 15 heavy (non-hydrogen) atoms. The quantitative estimate of drug-likeness (QED) is 0.689. The van der Waals surface area contributed by atoms with Gasteiger partial charge in [0.05, 0.1) is 5.69 Å². The van der Waals surface area contributed by atoms with E-state index in [2.05, 4.69) is 9.97 Å². The van der Waals surface area contributed by atoms with Crippen molar-refractivity contribution in [2.75, 3.05) is 0 Å². The molecule has 0 saturated carbocycles. The first-order chi connectivity index (χ1) is 7.38. The van der Waals surface area contributed by atoms with Crippen LogP contribution in [-0.2, 0) is 6.54 Å². The molecule has 3 aromatic rings. The Morgan fingerprint density at radius 3 is 3.20 bits per heavy atom. The fraction of sp³-hybridized carbons (Fsp3) is 0.100. The summed E-state index contributed by atoms with van der Waals surface area (Å²) in [4.78, 5) is 8.54. The first-order valence-corrected chi connectivity index (χ1v) is 5.55. The van der Waals surface area contributed by atoms with Crippen LogP contribution < -0.4 is 5.73 Å². The molecule has 3 N–H and O–H groups in total. The molecule has 76 valence electrons. The fourth-order valence-corrected chi connectivity index (χ4v) is 2.48. The lowest BCUT2D eigenvalue weighted by Gasteiger charge is -1.91. The predicted octanol–water partition coefficient (Wildman–Crippen LogP) is 1.85. The highest BCUT2D eigenvalue weighted by molar-refractivity contribution is 7.15. The highest BCUT2D eigenvalue weighted by atomic mass is 32.1. The zero-order chi connectivity index (χ0) is 10.3. The molecule has 3 heterocycles. The Bertz CT molecular complexity index is 576. The normalized spacial score (nSPS) is 11.3. The van der Waals surface area contributed by atoms with Crippen LogP contribution in [0.2, 0.25) is 0 Å². The van der Waals surface area contributed by atoms with Crippen LogP contribution in [0.5, 0.6) is 0 Å². The van der Waals surface area contributed by atoms with Gasteiger partial charge in [0.15, 0.2) is 4.96 Å². The number of nitrogens with two attached hydrogens (primary N) is 1. The van der Waals surface area contributed by atoms with E-state index in [9.17, 15) is 0 Å². The molecule has 5 heteroatoms. The molecule has 3 aromatic heterocycles. The van der Waals surface area contributed by atoms with Gasteiger partial charge in [0, 0.05) is 41.8 Å². The summed E-state index contributed by atoms with van der Waals surface area (Å²) in [5.41, 5.74) is 8.83. The minimum atomic E-state index is 0.545. The number of fused-ring (bicyclic) bond motifs is 1. The van der Waals surface area contributed by atoms with Gasteiger partial charge in [-0.15, -0.1) is 11.3 Å². The van der Waals surface area contributed by atoms with Crippen LogP contribution in [0.1, 0.15) is 5.69 Å². The number of rotatable bonds is 2. The van der Waals surface area contributed by atoms with Crippen molar-refractivity contribution in [3.63, 3.8) is 0 Å². The van der Waals surface area contributed by atoms with Gasteiger partial charge >= 0.3 is 0 Å². The maximum Gasteiger partial charge on any atom is 0.194 e. The number of hydrogen-bond acceptors (Lipinski definition) is 3. The summed E-state index contributed by atoms with van der Waals surface area (Å²) in [6.45, 7) is 0.545. The molecule has 0 aromatic carbocycles. The summed E-state index contributed by atoms with van der Waals surface area (Å²) < 4.78 is 2.05. The second-order valence-electron chi connectivity index (χ2n) is 3.31. The topological polar surface area (TPSA) is 59.1 Å². The number of aromatic amines is 1. The first kappa shape index (κ1) is 8.70. The summed E-state index contributed by atoms with van der Waals surface area (Å²) in [7, 11) is 0. The molecule has 0 amide bonds. The molecule has 4 nitrogen and oxygen atoms in total. The van der Waals surface area contributed by atoms with Gasteiger partial charge in [0.2, 0.25) is 0 Å². The molecule has 0 fully saturated rings. The maximum absolute atomic E-state index is 5.64. The zero-order valence-electron chi connectivity index (χ0n) is 7.97. The van der Waals surface area contributed by atoms with E-state index in [1.165, 1.54) is 0 Å². The first-order valence-electron chi connectivity index (χ1n) is 4.67. The van der Waals surface area contributed by atoms with Crippen LogP contribution in [0, 0.1) is 0 Å². The number of nitrogens with one attached hydrogen (secondary N) is 1. The molecule has 0 unspecified atom stereocenters. The predicted molar refractivity (Wildman–Crippen MR) is 60.7 cm³/mol. The SMILES string of the molecule is NCc1csc2nc(-c3cc[nH]c3)cn12. The van der Waals surface area contributed by atoms with E-state index in [1.807, 2.05) is 34.4 Å². The van der Waals surface area contributed by atoms with Crippen LogP contribution in [0.4, 0.5) is 0 Å². The average molecular weight is 218 g/mol. The second kappa shape index (κ2) is 3.22. The smallest absolute Gasteiger partial charge is 0.194 e. The summed E-state index contributed by atoms with van der Waals surface area (Å²) in [6.07, 6.45) is 5.86. The summed E-state index contributed by atoms with van der Waals surface area (Å²) in [5, 5.41) is 2.04. The van der Waals surface area contributed by atoms with Crippen LogP contribution >= 0.6 is 11.3 Å². The Morgan fingerprint density at radius 1 is 1.53 bits per heavy atom. The minimum absolute atomic E-state index is 0.545. The number of hydrogen-bond donors (Lipinski definition) is 2. The maximum atomic E-state index is 5.64. The van der Waals surface area contributed by atoms with Crippen molar-refractivity contribution in [3.8, 4) is 11.3 Å². The highest BCUT2D eigenvalue weighted by Gasteiger charge is 2.08. The molecular weight excluding hydrogens is 208 g/mol. The molecule has 0 radical (unpaired) electrons. The summed E-state index contributed by atoms with van der Waals surface area (Å²) in [5.74, 6) is 0. The van der Waals surface area contributed by atoms with Gasteiger partial charge < -0.3 is 10.7 Å². The van der Waals surface area contributed by atoms with E-state index < -0.39 is 0 Å².